The lowest BCUT2D eigenvalue weighted by Gasteiger charge is -2.31. The molecule has 1 saturated heterocycles. The van der Waals surface area contributed by atoms with Crippen LogP contribution in [0.25, 0.3) is 32.3 Å². The average molecular weight is 465 g/mol. The Kier molecular flexibility index (Phi) is 4.73. The minimum atomic E-state index is -0.331. The largest absolute Gasteiger partial charge is 0.422 e. The summed E-state index contributed by atoms with van der Waals surface area (Å²) >= 11 is 1.47. The van der Waals surface area contributed by atoms with Gasteiger partial charge < -0.3 is 25.7 Å². The van der Waals surface area contributed by atoms with Crippen LogP contribution in [0.1, 0.15) is 12.8 Å². The van der Waals surface area contributed by atoms with E-state index in [1.807, 2.05) is 6.07 Å². The SMILES string of the molecule is CNc1cc(F)cc2c1[nH]c1nc(Oc3cnc4scnc4c3)nc(N3CCC(N)CC3)c12. The molecule has 0 saturated carbocycles. The van der Waals surface area contributed by atoms with Crippen LogP contribution in [0.4, 0.5) is 15.9 Å². The number of rotatable bonds is 4. The number of ether oxygens (including phenoxy) is 1. The molecule has 0 aliphatic carbocycles. The van der Waals surface area contributed by atoms with Gasteiger partial charge in [0.1, 0.15) is 27.6 Å². The molecule has 0 amide bonds. The standard InChI is InChI=1S/C22H21FN8OS/c1-25-15-7-11(23)6-14-17-19(28-18(14)15)29-22(30-20(17)31-4-2-12(24)3-5-31)32-13-8-16-21(26-9-13)33-10-27-16/h6-10,12,25H,2-5,24H2,1H3,(H,28,29,30). The number of nitrogens with one attached hydrogen (secondary N) is 2. The lowest BCUT2D eigenvalue weighted by Crippen LogP contribution is -2.40. The van der Waals surface area contributed by atoms with E-state index in [9.17, 15) is 4.39 Å². The molecule has 0 atom stereocenters. The molecular weight excluding hydrogens is 443 g/mol. The summed E-state index contributed by atoms with van der Waals surface area (Å²) in [5.74, 6) is 0.864. The maximum absolute atomic E-state index is 14.4. The van der Waals surface area contributed by atoms with Crippen molar-refractivity contribution in [2.75, 3.05) is 30.4 Å². The highest BCUT2D eigenvalue weighted by molar-refractivity contribution is 7.16. The summed E-state index contributed by atoms with van der Waals surface area (Å²) in [7, 11) is 1.76. The molecule has 1 aliphatic heterocycles. The van der Waals surface area contributed by atoms with Gasteiger partial charge in [0.2, 0.25) is 0 Å². The van der Waals surface area contributed by atoms with E-state index in [1.165, 1.54) is 23.5 Å². The van der Waals surface area contributed by atoms with Gasteiger partial charge in [0, 0.05) is 37.6 Å². The molecule has 5 heterocycles. The second kappa shape index (κ2) is 7.78. The highest BCUT2D eigenvalue weighted by atomic mass is 32.1. The summed E-state index contributed by atoms with van der Waals surface area (Å²) in [6.45, 7) is 1.50. The number of piperidine rings is 1. The number of aromatic amines is 1. The Labute approximate surface area is 191 Å². The highest BCUT2D eigenvalue weighted by Gasteiger charge is 2.24. The normalized spacial score (nSPS) is 15.1. The van der Waals surface area contributed by atoms with Gasteiger partial charge in [-0.05, 0) is 25.0 Å². The number of halogens is 1. The molecule has 0 spiro atoms. The quantitative estimate of drug-likeness (QED) is 0.365. The monoisotopic (exact) mass is 464 g/mol. The molecule has 4 aromatic heterocycles. The fourth-order valence-corrected chi connectivity index (χ4v) is 4.92. The number of hydrogen-bond acceptors (Lipinski definition) is 9. The van der Waals surface area contributed by atoms with Crippen molar-refractivity contribution in [3.8, 4) is 11.8 Å². The number of pyridine rings is 1. The lowest BCUT2D eigenvalue weighted by molar-refractivity contribution is 0.440. The highest BCUT2D eigenvalue weighted by Crippen LogP contribution is 2.38. The smallest absolute Gasteiger partial charge is 0.326 e. The van der Waals surface area contributed by atoms with Crippen molar-refractivity contribution in [1.82, 2.24) is 24.9 Å². The van der Waals surface area contributed by atoms with Gasteiger partial charge in [0.05, 0.1) is 28.3 Å². The molecule has 33 heavy (non-hydrogen) atoms. The van der Waals surface area contributed by atoms with E-state index in [1.54, 1.807) is 18.8 Å². The molecule has 0 radical (unpaired) electrons. The second-order valence-corrected chi connectivity index (χ2v) is 8.91. The Balaban J connectivity index is 1.52. The molecule has 168 valence electrons. The Bertz CT molecular complexity index is 1490. The number of fused-ring (bicyclic) bond motifs is 4. The molecule has 0 unspecified atom stereocenters. The van der Waals surface area contributed by atoms with Gasteiger partial charge in [-0.1, -0.05) is 0 Å². The number of thiazole rings is 1. The van der Waals surface area contributed by atoms with Crippen molar-refractivity contribution in [2.45, 2.75) is 18.9 Å². The third-order valence-electron chi connectivity index (χ3n) is 5.97. The summed E-state index contributed by atoms with van der Waals surface area (Å²) in [5.41, 5.74) is 10.6. The van der Waals surface area contributed by atoms with Crippen molar-refractivity contribution in [1.29, 1.82) is 0 Å². The van der Waals surface area contributed by atoms with Crippen molar-refractivity contribution < 1.29 is 9.13 Å². The van der Waals surface area contributed by atoms with E-state index in [2.05, 4.69) is 30.2 Å². The van der Waals surface area contributed by atoms with Gasteiger partial charge in [-0.2, -0.15) is 9.97 Å². The first-order valence-electron chi connectivity index (χ1n) is 10.7. The van der Waals surface area contributed by atoms with Gasteiger partial charge in [-0.15, -0.1) is 11.3 Å². The zero-order valence-electron chi connectivity index (χ0n) is 17.8. The topological polar surface area (TPSA) is 118 Å². The van der Waals surface area contributed by atoms with Gasteiger partial charge in [-0.25, -0.2) is 14.4 Å². The predicted octanol–water partition coefficient (Wildman–Crippen LogP) is 4.02. The van der Waals surface area contributed by atoms with Gasteiger partial charge in [-0.3, -0.25) is 0 Å². The Morgan fingerprint density at radius 3 is 2.88 bits per heavy atom. The van der Waals surface area contributed by atoms with Crippen LogP contribution in [-0.4, -0.2) is 51.1 Å². The molecule has 11 heteroatoms. The molecular formula is C22H21FN8OS. The molecule has 1 aromatic carbocycles. The molecule has 1 fully saturated rings. The fraction of sp³-hybridized carbons (Fsp3) is 0.273. The molecule has 4 N–H and O–H groups in total. The zero-order chi connectivity index (χ0) is 22.5. The minimum absolute atomic E-state index is 0.168. The number of nitrogens with two attached hydrogens (primary N) is 1. The van der Waals surface area contributed by atoms with Crippen molar-refractivity contribution in [3.05, 3.63) is 35.7 Å². The molecule has 1 aliphatic rings. The summed E-state index contributed by atoms with van der Waals surface area (Å²) < 4.78 is 20.4. The Hall–Kier alpha value is -3.57. The number of benzene rings is 1. The molecule has 9 nitrogen and oxygen atoms in total. The van der Waals surface area contributed by atoms with Crippen LogP contribution in [0.3, 0.4) is 0 Å². The fourth-order valence-electron chi connectivity index (χ4n) is 4.31. The first-order chi connectivity index (χ1) is 16.1. The van der Waals surface area contributed by atoms with Gasteiger partial charge >= 0.3 is 6.01 Å². The summed E-state index contributed by atoms with van der Waals surface area (Å²) in [6, 6.07) is 5.13. The Morgan fingerprint density at radius 1 is 1.21 bits per heavy atom. The van der Waals surface area contributed by atoms with Crippen LogP contribution in [0, 0.1) is 5.82 Å². The van der Waals surface area contributed by atoms with E-state index in [0.29, 0.717) is 22.9 Å². The third-order valence-corrected chi connectivity index (χ3v) is 6.71. The first kappa shape index (κ1) is 20.1. The number of anilines is 2. The molecule has 6 rings (SSSR count). The van der Waals surface area contributed by atoms with Crippen LogP contribution in [0.2, 0.25) is 0 Å². The molecule has 5 aromatic rings. The van der Waals surface area contributed by atoms with Crippen LogP contribution in [0.15, 0.2) is 29.9 Å². The average Bonchev–Trinajstić information content (AvgIpc) is 3.42. The number of aromatic nitrogens is 5. The third kappa shape index (κ3) is 3.49. The molecule has 0 bridgehead atoms. The van der Waals surface area contributed by atoms with E-state index < -0.39 is 0 Å². The number of nitrogens with zero attached hydrogens (tertiary/aromatic N) is 5. The first-order valence-corrected chi connectivity index (χ1v) is 11.6. The number of H-pyrrole nitrogens is 1. The summed E-state index contributed by atoms with van der Waals surface area (Å²) in [4.78, 5) is 24.4. The van der Waals surface area contributed by atoms with Crippen molar-refractivity contribution in [3.63, 3.8) is 0 Å². The van der Waals surface area contributed by atoms with Crippen LogP contribution in [0.5, 0.6) is 11.8 Å². The predicted molar refractivity (Wildman–Crippen MR) is 128 cm³/mol. The van der Waals surface area contributed by atoms with Gasteiger partial charge in [0.25, 0.3) is 0 Å². The van der Waals surface area contributed by atoms with E-state index in [0.717, 1.165) is 52.6 Å². The lowest BCUT2D eigenvalue weighted by atomic mass is 10.1. The summed E-state index contributed by atoms with van der Waals surface area (Å²) in [6.07, 6.45) is 3.34. The van der Waals surface area contributed by atoms with Crippen LogP contribution in [-0.2, 0) is 0 Å². The van der Waals surface area contributed by atoms with Crippen LogP contribution >= 0.6 is 11.3 Å². The summed E-state index contributed by atoms with van der Waals surface area (Å²) in [5, 5.41) is 4.53. The minimum Gasteiger partial charge on any atom is -0.422 e. The maximum Gasteiger partial charge on any atom is 0.326 e. The van der Waals surface area contributed by atoms with Crippen molar-refractivity contribution >= 4 is 55.1 Å². The van der Waals surface area contributed by atoms with Crippen molar-refractivity contribution in [2.24, 2.45) is 5.73 Å². The Morgan fingerprint density at radius 2 is 2.06 bits per heavy atom. The maximum atomic E-state index is 14.4. The van der Waals surface area contributed by atoms with E-state index in [-0.39, 0.29) is 17.9 Å². The zero-order valence-corrected chi connectivity index (χ0v) is 18.6. The van der Waals surface area contributed by atoms with Crippen LogP contribution < -0.4 is 20.7 Å². The van der Waals surface area contributed by atoms with Gasteiger partial charge in [0.15, 0.2) is 5.75 Å². The van der Waals surface area contributed by atoms with E-state index >= 15 is 0 Å². The number of hydrogen-bond donors (Lipinski definition) is 3. The second-order valence-electron chi connectivity index (χ2n) is 8.08. The van der Waals surface area contributed by atoms with E-state index in [4.69, 9.17) is 15.5 Å².